The minimum Gasteiger partial charge on any atom is -0.193 e. The van der Waals surface area contributed by atoms with Gasteiger partial charge in [-0.3, -0.25) is 0 Å². The van der Waals surface area contributed by atoms with Gasteiger partial charge in [0.05, 0.1) is 6.07 Å². The summed E-state index contributed by atoms with van der Waals surface area (Å²) in [6.45, 7) is 2.26. The predicted molar refractivity (Wildman–Crippen MR) is 56.7 cm³/mol. The zero-order chi connectivity index (χ0) is 8.53. The third kappa shape index (κ3) is 7.86. The van der Waals surface area contributed by atoms with E-state index in [1.54, 1.807) is 6.08 Å². The van der Waals surface area contributed by atoms with Crippen molar-refractivity contribution in [2.75, 3.05) is 4.43 Å². The van der Waals surface area contributed by atoms with Crippen molar-refractivity contribution in [2.24, 2.45) is 5.92 Å². The third-order valence-corrected chi connectivity index (χ3v) is 2.24. The second kappa shape index (κ2) is 8.06. The molecule has 0 bridgehead atoms. The van der Waals surface area contributed by atoms with E-state index in [1.807, 2.05) is 12.1 Å². The first-order valence-electron chi connectivity index (χ1n) is 3.91. The molecule has 0 aromatic rings. The normalized spacial score (nSPS) is 13.2. The first kappa shape index (κ1) is 11.0. The van der Waals surface area contributed by atoms with Gasteiger partial charge in [0, 0.05) is 6.08 Å². The van der Waals surface area contributed by atoms with E-state index in [0.717, 1.165) is 12.3 Å². The first-order chi connectivity index (χ1) is 5.31. The molecule has 0 fully saturated rings. The Morgan fingerprint density at radius 3 is 2.82 bits per heavy atom. The Morgan fingerprint density at radius 1 is 1.55 bits per heavy atom. The van der Waals surface area contributed by atoms with E-state index in [9.17, 15) is 0 Å². The fraction of sp³-hybridized carbons (Fsp3) is 0.667. The van der Waals surface area contributed by atoms with Gasteiger partial charge >= 0.3 is 0 Å². The number of rotatable bonds is 5. The monoisotopic (exact) mass is 263 g/mol. The molecule has 1 nitrogen and oxygen atoms in total. The Bertz CT molecular complexity index is 146. The Hall–Kier alpha value is -0.0400. The van der Waals surface area contributed by atoms with E-state index in [1.165, 1.54) is 17.3 Å². The maximum absolute atomic E-state index is 8.20. The van der Waals surface area contributed by atoms with E-state index < -0.39 is 0 Å². The van der Waals surface area contributed by atoms with Crippen molar-refractivity contribution >= 4 is 22.6 Å². The molecule has 0 radical (unpaired) electrons. The molecule has 0 amide bonds. The lowest BCUT2D eigenvalue weighted by Gasteiger charge is -2.05. The van der Waals surface area contributed by atoms with Crippen LogP contribution in [0.3, 0.4) is 0 Å². The fourth-order valence-corrected chi connectivity index (χ4v) is 1.91. The van der Waals surface area contributed by atoms with E-state index in [-0.39, 0.29) is 0 Å². The molecule has 0 aliphatic heterocycles. The average molecular weight is 263 g/mol. The van der Waals surface area contributed by atoms with Crippen LogP contribution >= 0.6 is 22.6 Å². The van der Waals surface area contributed by atoms with Crippen LogP contribution in [0.25, 0.3) is 0 Å². The van der Waals surface area contributed by atoms with Crippen LogP contribution < -0.4 is 0 Å². The van der Waals surface area contributed by atoms with Gasteiger partial charge in [0.1, 0.15) is 0 Å². The zero-order valence-corrected chi connectivity index (χ0v) is 9.04. The summed E-state index contributed by atoms with van der Waals surface area (Å²) in [6.07, 6.45) is 7.06. The summed E-state index contributed by atoms with van der Waals surface area (Å²) in [5, 5.41) is 8.20. The van der Waals surface area contributed by atoms with Crippen LogP contribution in [0.4, 0.5) is 0 Å². The molecule has 0 aliphatic carbocycles. The van der Waals surface area contributed by atoms with Gasteiger partial charge < -0.3 is 0 Å². The average Bonchev–Trinajstić information content (AvgIpc) is 1.99. The van der Waals surface area contributed by atoms with Crippen molar-refractivity contribution < 1.29 is 0 Å². The van der Waals surface area contributed by atoms with Crippen molar-refractivity contribution in [3.05, 3.63) is 12.2 Å². The molecule has 0 saturated heterocycles. The third-order valence-electron chi connectivity index (χ3n) is 1.62. The highest BCUT2D eigenvalue weighted by molar-refractivity contribution is 14.1. The second-order valence-electron chi connectivity index (χ2n) is 2.69. The fourth-order valence-electron chi connectivity index (χ4n) is 0.847. The van der Waals surface area contributed by atoms with Gasteiger partial charge in [-0.1, -0.05) is 35.6 Å². The van der Waals surface area contributed by atoms with Crippen molar-refractivity contribution in [2.45, 2.75) is 26.2 Å². The lowest BCUT2D eigenvalue weighted by atomic mass is 10.0. The molecule has 62 valence electrons. The lowest BCUT2D eigenvalue weighted by Crippen LogP contribution is -1.93. The van der Waals surface area contributed by atoms with Gasteiger partial charge in [-0.2, -0.15) is 5.26 Å². The van der Waals surface area contributed by atoms with E-state index in [4.69, 9.17) is 5.26 Å². The Labute approximate surface area is 82.6 Å². The van der Waals surface area contributed by atoms with Crippen molar-refractivity contribution in [1.82, 2.24) is 0 Å². The summed E-state index contributed by atoms with van der Waals surface area (Å²) in [6, 6.07) is 1.99. The van der Waals surface area contributed by atoms with Gasteiger partial charge in [0.25, 0.3) is 0 Å². The molecule has 0 heterocycles. The summed E-state index contributed by atoms with van der Waals surface area (Å²) in [4.78, 5) is 0. The molecule has 0 saturated carbocycles. The molecule has 0 aromatic heterocycles. The number of allylic oxidation sites excluding steroid dienone is 2. The number of alkyl halides is 1. The van der Waals surface area contributed by atoms with Crippen LogP contribution in [0.15, 0.2) is 12.2 Å². The topological polar surface area (TPSA) is 23.8 Å². The lowest BCUT2D eigenvalue weighted by molar-refractivity contribution is 0.529. The van der Waals surface area contributed by atoms with Crippen LogP contribution in [0.1, 0.15) is 26.2 Å². The Balaban J connectivity index is 3.25. The van der Waals surface area contributed by atoms with E-state index in [2.05, 4.69) is 29.5 Å². The largest absolute Gasteiger partial charge is 0.193 e. The van der Waals surface area contributed by atoms with Gasteiger partial charge in [-0.05, 0) is 29.6 Å². The second-order valence-corrected chi connectivity index (χ2v) is 3.77. The maximum atomic E-state index is 8.20. The summed E-state index contributed by atoms with van der Waals surface area (Å²) in [5.74, 6) is 0.801. The van der Waals surface area contributed by atoms with Gasteiger partial charge in [0.15, 0.2) is 0 Å². The molecule has 0 aliphatic rings. The molecule has 0 aromatic carbocycles. The number of nitrogens with zero attached hydrogens (tertiary/aromatic N) is 1. The summed E-state index contributed by atoms with van der Waals surface area (Å²) in [5.41, 5.74) is 0. The smallest absolute Gasteiger partial charge is 0.0908 e. The van der Waals surface area contributed by atoms with Crippen molar-refractivity contribution in [3.8, 4) is 6.07 Å². The minimum absolute atomic E-state index is 0.801. The van der Waals surface area contributed by atoms with Crippen LogP contribution in [0.2, 0.25) is 0 Å². The predicted octanol–water partition coefficient (Wildman–Crippen LogP) is 3.31. The van der Waals surface area contributed by atoms with E-state index >= 15 is 0 Å². The van der Waals surface area contributed by atoms with Gasteiger partial charge in [-0.25, -0.2) is 0 Å². The molecular formula is C9H14IN. The molecule has 0 spiro atoms. The highest BCUT2D eigenvalue weighted by atomic mass is 127. The van der Waals surface area contributed by atoms with Crippen LogP contribution in [-0.4, -0.2) is 4.43 Å². The highest BCUT2D eigenvalue weighted by Gasteiger charge is 1.97. The zero-order valence-electron chi connectivity index (χ0n) is 6.89. The van der Waals surface area contributed by atoms with Crippen LogP contribution in [-0.2, 0) is 0 Å². The van der Waals surface area contributed by atoms with E-state index in [0.29, 0.717) is 0 Å². The first-order valence-corrected chi connectivity index (χ1v) is 5.44. The summed E-state index contributed by atoms with van der Waals surface area (Å²) in [7, 11) is 0. The summed E-state index contributed by atoms with van der Waals surface area (Å²) >= 11 is 2.40. The molecule has 0 N–H and O–H groups in total. The Morgan fingerprint density at radius 2 is 2.27 bits per heavy atom. The number of halogens is 1. The SMILES string of the molecule is CC(CCI)CC/C=C/C#N. The quantitative estimate of drug-likeness (QED) is 0.424. The van der Waals surface area contributed by atoms with Gasteiger partial charge in [0.2, 0.25) is 0 Å². The molecule has 2 heteroatoms. The Kier molecular flexibility index (Phi) is 8.03. The number of nitriles is 1. The van der Waals surface area contributed by atoms with Crippen LogP contribution in [0, 0.1) is 17.2 Å². The minimum atomic E-state index is 0.801. The molecule has 1 unspecified atom stereocenters. The molecule has 1 atom stereocenters. The van der Waals surface area contributed by atoms with Gasteiger partial charge in [-0.15, -0.1) is 0 Å². The standard InChI is InChI=1S/C9H14IN/c1-9(6-7-10)5-3-2-4-8-11/h2,4,9H,3,5-7H2,1H3/b4-2+. The van der Waals surface area contributed by atoms with Crippen LogP contribution in [0.5, 0.6) is 0 Å². The highest BCUT2D eigenvalue weighted by Crippen LogP contribution is 2.11. The van der Waals surface area contributed by atoms with Crippen molar-refractivity contribution in [3.63, 3.8) is 0 Å². The number of hydrogen-bond acceptors (Lipinski definition) is 1. The maximum Gasteiger partial charge on any atom is 0.0908 e. The molecular weight excluding hydrogens is 249 g/mol. The number of hydrogen-bond donors (Lipinski definition) is 0. The summed E-state index contributed by atoms with van der Waals surface area (Å²) < 4.78 is 1.24. The van der Waals surface area contributed by atoms with Crippen molar-refractivity contribution in [1.29, 1.82) is 5.26 Å². The molecule has 0 rings (SSSR count). The molecule has 11 heavy (non-hydrogen) atoms.